The highest BCUT2D eigenvalue weighted by Gasteiger charge is 2.22. The van der Waals surface area contributed by atoms with Crippen LogP contribution in [0.4, 0.5) is 0 Å². The van der Waals surface area contributed by atoms with E-state index in [0.29, 0.717) is 12.5 Å². The van der Waals surface area contributed by atoms with Gasteiger partial charge in [-0.25, -0.2) is 0 Å². The molecule has 1 N–H and O–H groups in total. The Hall–Kier alpha value is -2.04. The first-order valence-corrected chi connectivity index (χ1v) is 8.36. The highest BCUT2D eigenvalue weighted by molar-refractivity contribution is 5.80. The number of rotatable bonds is 7. The lowest BCUT2D eigenvalue weighted by molar-refractivity contribution is -0.126. The summed E-state index contributed by atoms with van der Waals surface area (Å²) in [5, 5.41) is 6.88. The molecule has 1 aromatic rings. The highest BCUT2D eigenvalue weighted by atomic mass is 16.6. The molecule has 2 atom stereocenters. The van der Waals surface area contributed by atoms with Crippen LogP contribution in [0.15, 0.2) is 29.4 Å². The zero-order valence-electron chi connectivity index (χ0n) is 14.0. The van der Waals surface area contributed by atoms with Crippen molar-refractivity contribution in [1.82, 2.24) is 5.32 Å². The Morgan fingerprint density at radius 1 is 1.30 bits per heavy atom. The molecule has 0 unspecified atom stereocenters. The van der Waals surface area contributed by atoms with Gasteiger partial charge in [0, 0.05) is 6.04 Å². The predicted molar refractivity (Wildman–Crippen MR) is 90.7 cm³/mol. The van der Waals surface area contributed by atoms with Crippen molar-refractivity contribution < 1.29 is 14.4 Å². The molecule has 1 aliphatic rings. The van der Waals surface area contributed by atoms with Crippen molar-refractivity contribution in [2.45, 2.75) is 45.6 Å². The molecule has 1 saturated carbocycles. The standard InChI is InChI=1S/C18H26N2O3/c1-3-22-16-10-8-15(9-11-16)12-19-23-13-18(21)20-17-7-5-4-6-14(17)2/h8-12,14,17H,3-7,13H2,1-2H3,(H,20,21)/b19-12-/t14-,17-/m1/s1. The van der Waals surface area contributed by atoms with Crippen LogP contribution in [0.25, 0.3) is 0 Å². The summed E-state index contributed by atoms with van der Waals surface area (Å²) in [5.74, 6) is 1.26. The SMILES string of the molecule is CCOc1ccc(/C=N\OCC(=O)N[C@@H]2CCCC[C@H]2C)cc1. The van der Waals surface area contributed by atoms with Crippen molar-refractivity contribution in [1.29, 1.82) is 0 Å². The van der Waals surface area contributed by atoms with Crippen molar-refractivity contribution >= 4 is 12.1 Å². The molecule has 2 rings (SSSR count). The van der Waals surface area contributed by atoms with Crippen molar-refractivity contribution in [2.75, 3.05) is 13.2 Å². The number of hydrogen-bond acceptors (Lipinski definition) is 4. The number of nitrogens with one attached hydrogen (secondary N) is 1. The Balaban J connectivity index is 1.70. The van der Waals surface area contributed by atoms with Crippen LogP contribution >= 0.6 is 0 Å². The van der Waals surface area contributed by atoms with Crippen LogP contribution < -0.4 is 10.1 Å². The Bertz CT molecular complexity index is 514. The lowest BCUT2D eigenvalue weighted by Crippen LogP contribution is -2.42. The molecule has 1 amide bonds. The fraction of sp³-hybridized carbons (Fsp3) is 0.556. The normalized spacial score (nSPS) is 21.1. The minimum absolute atomic E-state index is 0.0449. The number of carbonyl (C=O) groups is 1. The van der Waals surface area contributed by atoms with E-state index in [1.807, 2.05) is 31.2 Å². The van der Waals surface area contributed by atoms with Crippen LogP contribution in [0.1, 0.15) is 45.1 Å². The zero-order chi connectivity index (χ0) is 16.5. The number of carbonyl (C=O) groups excluding carboxylic acids is 1. The average Bonchev–Trinajstić information content (AvgIpc) is 2.55. The molecule has 0 radical (unpaired) electrons. The summed E-state index contributed by atoms with van der Waals surface area (Å²) in [7, 11) is 0. The van der Waals surface area contributed by atoms with Crippen LogP contribution in [0.3, 0.4) is 0 Å². The largest absolute Gasteiger partial charge is 0.494 e. The Morgan fingerprint density at radius 2 is 2.04 bits per heavy atom. The van der Waals surface area contributed by atoms with Gasteiger partial charge in [0.05, 0.1) is 12.8 Å². The van der Waals surface area contributed by atoms with Gasteiger partial charge in [-0.05, 0) is 55.5 Å². The maximum atomic E-state index is 11.9. The topological polar surface area (TPSA) is 59.9 Å². The summed E-state index contributed by atoms with van der Waals surface area (Å²) in [6.07, 6.45) is 6.28. The molecule has 5 heteroatoms. The highest BCUT2D eigenvalue weighted by Crippen LogP contribution is 2.23. The second-order valence-corrected chi connectivity index (χ2v) is 5.95. The second-order valence-electron chi connectivity index (χ2n) is 5.95. The van der Waals surface area contributed by atoms with Crippen LogP contribution in [-0.4, -0.2) is 31.4 Å². The molecular formula is C18H26N2O3. The van der Waals surface area contributed by atoms with Gasteiger partial charge in [0.15, 0.2) is 6.61 Å². The summed E-state index contributed by atoms with van der Waals surface area (Å²) in [4.78, 5) is 16.9. The van der Waals surface area contributed by atoms with Gasteiger partial charge in [0.25, 0.3) is 5.91 Å². The lowest BCUT2D eigenvalue weighted by atomic mass is 9.86. The molecule has 0 aromatic heterocycles. The first-order chi connectivity index (χ1) is 11.2. The quantitative estimate of drug-likeness (QED) is 0.620. The summed E-state index contributed by atoms with van der Waals surface area (Å²) in [6, 6.07) is 7.81. The third-order valence-corrected chi connectivity index (χ3v) is 4.12. The summed E-state index contributed by atoms with van der Waals surface area (Å²) in [6.45, 7) is 4.74. The second kappa shape index (κ2) is 9.18. The van der Waals surface area contributed by atoms with Crippen molar-refractivity contribution in [2.24, 2.45) is 11.1 Å². The third-order valence-electron chi connectivity index (χ3n) is 4.12. The molecule has 0 aliphatic heterocycles. The van der Waals surface area contributed by atoms with E-state index in [1.165, 1.54) is 19.3 Å². The molecule has 1 aromatic carbocycles. The minimum Gasteiger partial charge on any atom is -0.494 e. The molecule has 126 valence electrons. The van der Waals surface area contributed by atoms with Gasteiger partial charge < -0.3 is 14.9 Å². The van der Waals surface area contributed by atoms with Crippen molar-refractivity contribution in [3.8, 4) is 5.75 Å². The zero-order valence-corrected chi connectivity index (χ0v) is 14.0. The fourth-order valence-corrected chi connectivity index (χ4v) is 2.79. The van der Waals surface area contributed by atoms with Gasteiger partial charge in [0.2, 0.25) is 0 Å². The Morgan fingerprint density at radius 3 is 2.74 bits per heavy atom. The molecule has 0 spiro atoms. The third kappa shape index (κ3) is 5.93. The van der Waals surface area contributed by atoms with Crippen LogP contribution in [-0.2, 0) is 9.63 Å². The first-order valence-electron chi connectivity index (χ1n) is 8.36. The number of hydrogen-bond donors (Lipinski definition) is 1. The summed E-state index contributed by atoms with van der Waals surface area (Å²) < 4.78 is 5.37. The monoisotopic (exact) mass is 318 g/mol. The van der Waals surface area contributed by atoms with E-state index >= 15 is 0 Å². The number of benzene rings is 1. The van der Waals surface area contributed by atoms with Crippen LogP contribution in [0.2, 0.25) is 0 Å². The number of oxime groups is 1. The van der Waals surface area contributed by atoms with Gasteiger partial charge in [0.1, 0.15) is 5.75 Å². The number of nitrogens with zero attached hydrogens (tertiary/aromatic N) is 1. The van der Waals surface area contributed by atoms with E-state index in [2.05, 4.69) is 17.4 Å². The fourth-order valence-electron chi connectivity index (χ4n) is 2.79. The molecule has 1 aliphatic carbocycles. The molecule has 23 heavy (non-hydrogen) atoms. The number of amides is 1. The lowest BCUT2D eigenvalue weighted by Gasteiger charge is -2.29. The van der Waals surface area contributed by atoms with Crippen molar-refractivity contribution in [3.05, 3.63) is 29.8 Å². The Labute approximate surface area is 138 Å². The molecule has 0 bridgehead atoms. The smallest absolute Gasteiger partial charge is 0.261 e. The average molecular weight is 318 g/mol. The van der Waals surface area contributed by atoms with E-state index in [-0.39, 0.29) is 18.6 Å². The van der Waals surface area contributed by atoms with Crippen molar-refractivity contribution in [3.63, 3.8) is 0 Å². The van der Waals surface area contributed by atoms with Gasteiger partial charge in [-0.15, -0.1) is 0 Å². The maximum absolute atomic E-state index is 11.9. The molecule has 0 saturated heterocycles. The van der Waals surface area contributed by atoms with Gasteiger partial charge in [-0.3, -0.25) is 4.79 Å². The van der Waals surface area contributed by atoms with E-state index in [1.54, 1.807) is 6.21 Å². The molecule has 5 nitrogen and oxygen atoms in total. The molecule has 1 fully saturated rings. The van der Waals surface area contributed by atoms with E-state index in [0.717, 1.165) is 17.7 Å². The van der Waals surface area contributed by atoms with E-state index in [4.69, 9.17) is 9.57 Å². The summed E-state index contributed by atoms with van der Waals surface area (Å²) in [5.41, 5.74) is 0.898. The van der Waals surface area contributed by atoms with Crippen LogP contribution in [0, 0.1) is 5.92 Å². The van der Waals surface area contributed by atoms with Crippen LogP contribution in [0.5, 0.6) is 5.75 Å². The minimum atomic E-state index is -0.104. The van der Waals surface area contributed by atoms with Gasteiger partial charge >= 0.3 is 0 Å². The van der Waals surface area contributed by atoms with Gasteiger partial charge in [-0.2, -0.15) is 0 Å². The molecule has 0 heterocycles. The molecular weight excluding hydrogens is 292 g/mol. The van der Waals surface area contributed by atoms with E-state index in [9.17, 15) is 4.79 Å². The Kier molecular flexibility index (Phi) is 6.91. The summed E-state index contributed by atoms with van der Waals surface area (Å²) >= 11 is 0. The first kappa shape index (κ1) is 17.3. The predicted octanol–water partition coefficient (Wildman–Crippen LogP) is 3.13. The maximum Gasteiger partial charge on any atom is 0.261 e. The van der Waals surface area contributed by atoms with Gasteiger partial charge in [-0.1, -0.05) is 24.9 Å². The van der Waals surface area contributed by atoms with E-state index < -0.39 is 0 Å². The number of ether oxygens (including phenoxy) is 1.